The van der Waals surface area contributed by atoms with Gasteiger partial charge in [-0.3, -0.25) is 14.4 Å². The van der Waals surface area contributed by atoms with E-state index in [4.69, 9.17) is 0 Å². The van der Waals surface area contributed by atoms with Crippen LogP contribution < -0.4 is 16.0 Å². The monoisotopic (exact) mass is 369 g/mol. The van der Waals surface area contributed by atoms with Crippen LogP contribution >= 0.6 is 0 Å². The molecule has 8 nitrogen and oxygen atoms in total. The van der Waals surface area contributed by atoms with Crippen LogP contribution in [0.4, 0.5) is 5.69 Å². The molecule has 1 rings (SSSR count). The number of carbonyl (C=O) groups is 3. The fourth-order valence-electron chi connectivity index (χ4n) is 1.96. The summed E-state index contributed by atoms with van der Waals surface area (Å²) in [6.07, 6.45) is 0.429. The maximum atomic E-state index is 12.2. The van der Waals surface area contributed by atoms with Crippen molar-refractivity contribution in [3.63, 3.8) is 0 Å². The van der Waals surface area contributed by atoms with E-state index in [0.717, 1.165) is 0 Å². The summed E-state index contributed by atoms with van der Waals surface area (Å²) < 4.78 is 24.4. The summed E-state index contributed by atoms with van der Waals surface area (Å²) in [5.41, 5.74) is 0.503. The Hall–Kier alpha value is -2.42. The van der Waals surface area contributed by atoms with Gasteiger partial charge in [-0.15, -0.1) is 0 Å². The Morgan fingerprint density at radius 2 is 1.52 bits per heavy atom. The number of carbonyl (C=O) groups excluding carboxylic acids is 3. The van der Waals surface area contributed by atoms with Crippen molar-refractivity contribution in [1.82, 2.24) is 10.6 Å². The summed E-state index contributed by atoms with van der Waals surface area (Å²) in [4.78, 5) is 33.4. The van der Waals surface area contributed by atoms with Crippen molar-refractivity contribution in [3.05, 3.63) is 24.3 Å². The van der Waals surface area contributed by atoms with Crippen LogP contribution in [0, 0.1) is 0 Å². The number of hydrogen-bond acceptors (Lipinski definition) is 5. The first-order valence-electron chi connectivity index (χ1n) is 7.82. The third-order valence-corrected chi connectivity index (χ3v) is 4.91. The SMILES string of the molecule is CC(=O)NCCCNC(=O)CCS(=O)(=O)c1ccc(NC(C)=O)cc1. The van der Waals surface area contributed by atoms with E-state index in [-0.39, 0.29) is 34.8 Å². The standard InChI is InChI=1S/C16H23N3O5S/c1-12(20)17-9-3-10-18-16(22)8-11-25(23,24)15-6-4-14(5-7-15)19-13(2)21/h4-7H,3,8-11H2,1-2H3,(H,17,20)(H,18,22)(H,19,21). The molecule has 138 valence electrons. The average molecular weight is 369 g/mol. The molecule has 0 saturated carbocycles. The highest BCUT2D eigenvalue weighted by atomic mass is 32.2. The van der Waals surface area contributed by atoms with Crippen molar-refractivity contribution in [2.24, 2.45) is 0 Å². The predicted molar refractivity (Wildman–Crippen MR) is 93.7 cm³/mol. The van der Waals surface area contributed by atoms with Crippen molar-refractivity contribution in [2.45, 2.75) is 31.6 Å². The van der Waals surface area contributed by atoms with Crippen LogP contribution in [0.5, 0.6) is 0 Å². The fraction of sp³-hybridized carbons (Fsp3) is 0.438. The van der Waals surface area contributed by atoms with E-state index in [9.17, 15) is 22.8 Å². The van der Waals surface area contributed by atoms with E-state index in [1.807, 2.05) is 0 Å². The zero-order valence-corrected chi connectivity index (χ0v) is 15.1. The topological polar surface area (TPSA) is 121 Å². The molecule has 0 heterocycles. The number of rotatable bonds is 9. The normalized spacial score (nSPS) is 10.8. The minimum absolute atomic E-state index is 0.0973. The van der Waals surface area contributed by atoms with Crippen molar-refractivity contribution in [3.8, 4) is 0 Å². The summed E-state index contributed by atoms with van der Waals surface area (Å²) in [7, 11) is -3.58. The molecule has 0 aliphatic carbocycles. The Bertz CT molecular complexity index is 714. The van der Waals surface area contributed by atoms with Gasteiger partial charge in [0.15, 0.2) is 9.84 Å². The van der Waals surface area contributed by atoms with Crippen LogP contribution in [-0.4, -0.2) is 45.0 Å². The number of amides is 3. The number of sulfone groups is 1. The van der Waals surface area contributed by atoms with E-state index in [1.165, 1.54) is 38.1 Å². The summed E-state index contributed by atoms with van der Waals surface area (Å²) in [6, 6.07) is 5.78. The fourth-order valence-corrected chi connectivity index (χ4v) is 3.20. The van der Waals surface area contributed by atoms with Crippen LogP contribution in [0.2, 0.25) is 0 Å². The first-order valence-corrected chi connectivity index (χ1v) is 9.47. The lowest BCUT2D eigenvalue weighted by molar-refractivity contribution is -0.120. The molecular formula is C16H23N3O5S. The van der Waals surface area contributed by atoms with Gasteiger partial charge in [0.2, 0.25) is 17.7 Å². The quantitative estimate of drug-likeness (QED) is 0.546. The Morgan fingerprint density at radius 1 is 0.920 bits per heavy atom. The van der Waals surface area contributed by atoms with Gasteiger partial charge in [-0.25, -0.2) is 8.42 Å². The van der Waals surface area contributed by atoms with Crippen LogP contribution in [0.1, 0.15) is 26.7 Å². The molecule has 1 aromatic carbocycles. The lowest BCUT2D eigenvalue weighted by Gasteiger charge is -2.08. The van der Waals surface area contributed by atoms with Gasteiger partial charge < -0.3 is 16.0 Å². The molecular weight excluding hydrogens is 346 g/mol. The van der Waals surface area contributed by atoms with Gasteiger partial charge in [-0.1, -0.05) is 0 Å². The van der Waals surface area contributed by atoms with E-state index in [1.54, 1.807) is 0 Å². The van der Waals surface area contributed by atoms with Gasteiger partial charge in [0.25, 0.3) is 0 Å². The Labute approximate surface area is 147 Å². The third kappa shape index (κ3) is 8.30. The van der Waals surface area contributed by atoms with Gasteiger partial charge >= 0.3 is 0 Å². The summed E-state index contributed by atoms with van der Waals surface area (Å²) >= 11 is 0. The Kier molecular flexibility index (Phi) is 8.06. The zero-order valence-electron chi connectivity index (χ0n) is 14.3. The first kappa shape index (κ1) is 20.6. The third-order valence-electron chi connectivity index (χ3n) is 3.18. The molecule has 0 radical (unpaired) electrons. The van der Waals surface area contributed by atoms with E-state index in [0.29, 0.717) is 25.2 Å². The molecule has 0 aliphatic heterocycles. The highest BCUT2D eigenvalue weighted by Crippen LogP contribution is 2.16. The van der Waals surface area contributed by atoms with Crippen molar-refractivity contribution in [1.29, 1.82) is 0 Å². The molecule has 0 aliphatic rings. The molecule has 0 unspecified atom stereocenters. The molecule has 9 heteroatoms. The van der Waals surface area contributed by atoms with E-state index in [2.05, 4.69) is 16.0 Å². The molecule has 25 heavy (non-hydrogen) atoms. The van der Waals surface area contributed by atoms with Crippen LogP contribution in [0.3, 0.4) is 0 Å². The maximum absolute atomic E-state index is 12.2. The van der Waals surface area contributed by atoms with Gasteiger partial charge in [0.1, 0.15) is 0 Å². The number of benzene rings is 1. The highest BCUT2D eigenvalue weighted by Gasteiger charge is 2.16. The molecule has 0 atom stereocenters. The minimum atomic E-state index is -3.58. The highest BCUT2D eigenvalue weighted by molar-refractivity contribution is 7.91. The molecule has 1 aromatic rings. The molecule has 0 bridgehead atoms. The maximum Gasteiger partial charge on any atom is 0.221 e. The van der Waals surface area contributed by atoms with Gasteiger partial charge in [0, 0.05) is 39.0 Å². The zero-order chi connectivity index (χ0) is 18.9. The van der Waals surface area contributed by atoms with Gasteiger partial charge in [-0.2, -0.15) is 0 Å². The predicted octanol–water partition coefficient (Wildman–Crippen LogP) is 0.451. The second kappa shape index (κ2) is 9.77. The van der Waals surface area contributed by atoms with Gasteiger partial charge in [0.05, 0.1) is 10.6 Å². The van der Waals surface area contributed by atoms with Crippen LogP contribution in [0.15, 0.2) is 29.2 Å². The number of anilines is 1. The van der Waals surface area contributed by atoms with Gasteiger partial charge in [-0.05, 0) is 30.7 Å². The second-order valence-corrected chi connectivity index (χ2v) is 7.57. The van der Waals surface area contributed by atoms with Crippen LogP contribution in [-0.2, 0) is 24.2 Å². The second-order valence-electron chi connectivity index (χ2n) is 5.46. The van der Waals surface area contributed by atoms with E-state index >= 15 is 0 Å². The summed E-state index contributed by atoms with van der Waals surface area (Å²) in [6.45, 7) is 3.59. The molecule has 0 aromatic heterocycles. The molecule has 3 N–H and O–H groups in total. The largest absolute Gasteiger partial charge is 0.356 e. The molecule has 0 spiro atoms. The molecule has 0 fully saturated rings. The van der Waals surface area contributed by atoms with E-state index < -0.39 is 9.84 Å². The molecule has 0 saturated heterocycles. The number of hydrogen-bond donors (Lipinski definition) is 3. The first-order chi connectivity index (χ1) is 11.7. The lowest BCUT2D eigenvalue weighted by atomic mass is 10.3. The van der Waals surface area contributed by atoms with Crippen LogP contribution in [0.25, 0.3) is 0 Å². The van der Waals surface area contributed by atoms with Crippen molar-refractivity contribution in [2.75, 3.05) is 24.2 Å². The minimum Gasteiger partial charge on any atom is -0.356 e. The summed E-state index contributed by atoms with van der Waals surface area (Å²) in [5.74, 6) is -1.04. The van der Waals surface area contributed by atoms with Crippen molar-refractivity contribution >= 4 is 33.2 Å². The number of nitrogens with one attached hydrogen (secondary N) is 3. The average Bonchev–Trinajstić information content (AvgIpc) is 2.52. The van der Waals surface area contributed by atoms with Crippen molar-refractivity contribution < 1.29 is 22.8 Å². The smallest absolute Gasteiger partial charge is 0.221 e. The Morgan fingerprint density at radius 3 is 2.08 bits per heavy atom. The summed E-state index contributed by atoms with van der Waals surface area (Å²) in [5, 5.41) is 7.76. The lowest BCUT2D eigenvalue weighted by Crippen LogP contribution is -2.29. The molecule has 3 amide bonds. The Balaban J connectivity index is 2.43.